The van der Waals surface area contributed by atoms with Crippen molar-refractivity contribution in [2.45, 2.75) is 6.54 Å². The molecular formula is C24H16FN3O7. The van der Waals surface area contributed by atoms with Crippen molar-refractivity contribution in [3.8, 4) is 0 Å². The van der Waals surface area contributed by atoms with E-state index in [9.17, 15) is 33.7 Å². The Hall–Kier alpha value is -4.93. The highest BCUT2D eigenvalue weighted by atomic mass is 19.1. The van der Waals surface area contributed by atoms with Crippen LogP contribution in [0.15, 0.2) is 66.7 Å². The Morgan fingerprint density at radius 2 is 1.66 bits per heavy atom. The van der Waals surface area contributed by atoms with Gasteiger partial charge in [-0.2, -0.15) is 4.39 Å². The zero-order chi connectivity index (χ0) is 25.1. The molecule has 35 heavy (non-hydrogen) atoms. The van der Waals surface area contributed by atoms with Gasteiger partial charge in [-0.15, -0.1) is 0 Å². The number of fused-ring (bicyclic) bond motifs is 1. The summed E-state index contributed by atoms with van der Waals surface area (Å²) < 4.78 is 18.4. The fourth-order valence-electron chi connectivity index (χ4n) is 3.50. The van der Waals surface area contributed by atoms with Crippen LogP contribution in [0.1, 0.15) is 36.6 Å². The third-order valence-corrected chi connectivity index (χ3v) is 5.14. The Bertz CT molecular complexity index is 1350. The minimum Gasteiger partial charge on any atom is -0.452 e. The summed E-state index contributed by atoms with van der Waals surface area (Å²) in [5.41, 5.74) is 0.356. The second-order valence-corrected chi connectivity index (χ2v) is 7.49. The molecule has 3 amide bonds. The Labute approximate surface area is 197 Å². The normalized spacial score (nSPS) is 12.3. The lowest BCUT2D eigenvalue weighted by Gasteiger charge is -2.14. The third-order valence-electron chi connectivity index (χ3n) is 5.14. The highest BCUT2D eigenvalue weighted by Gasteiger charge is 2.35. The summed E-state index contributed by atoms with van der Waals surface area (Å²) >= 11 is 0. The minimum absolute atomic E-state index is 0.0397. The molecule has 0 unspecified atom stereocenters. The van der Waals surface area contributed by atoms with E-state index in [1.807, 2.05) is 0 Å². The first kappa shape index (κ1) is 23.2. The molecule has 1 aliphatic heterocycles. The van der Waals surface area contributed by atoms with Crippen molar-refractivity contribution in [3.63, 3.8) is 0 Å². The second-order valence-electron chi connectivity index (χ2n) is 7.49. The molecule has 1 N–H and O–H groups in total. The van der Waals surface area contributed by atoms with E-state index in [-0.39, 0.29) is 17.8 Å². The van der Waals surface area contributed by atoms with Crippen LogP contribution in [0.3, 0.4) is 0 Å². The summed E-state index contributed by atoms with van der Waals surface area (Å²) in [5.74, 6) is -3.55. The van der Waals surface area contributed by atoms with Gasteiger partial charge in [-0.25, -0.2) is 4.79 Å². The maximum Gasteiger partial charge on any atom is 0.338 e. The van der Waals surface area contributed by atoms with Gasteiger partial charge in [0.25, 0.3) is 17.7 Å². The predicted molar refractivity (Wildman–Crippen MR) is 119 cm³/mol. The van der Waals surface area contributed by atoms with Gasteiger partial charge in [0.15, 0.2) is 6.61 Å². The molecule has 0 atom stereocenters. The highest BCUT2D eigenvalue weighted by Crippen LogP contribution is 2.25. The van der Waals surface area contributed by atoms with Crippen LogP contribution in [-0.4, -0.2) is 40.1 Å². The Morgan fingerprint density at radius 3 is 2.31 bits per heavy atom. The summed E-state index contributed by atoms with van der Waals surface area (Å²) in [6, 6.07) is 15.3. The topological polar surface area (TPSA) is 136 Å². The first-order chi connectivity index (χ1) is 16.7. The van der Waals surface area contributed by atoms with Crippen molar-refractivity contribution in [3.05, 3.63) is 105 Å². The van der Waals surface area contributed by atoms with Crippen LogP contribution in [0.4, 0.5) is 15.8 Å². The van der Waals surface area contributed by atoms with Crippen LogP contribution in [0, 0.1) is 15.9 Å². The summed E-state index contributed by atoms with van der Waals surface area (Å²) in [4.78, 5) is 60.5. The number of esters is 1. The van der Waals surface area contributed by atoms with Crippen LogP contribution in [0.2, 0.25) is 0 Å². The first-order valence-corrected chi connectivity index (χ1v) is 10.2. The van der Waals surface area contributed by atoms with Crippen molar-refractivity contribution in [1.82, 2.24) is 4.90 Å². The number of carbonyl (C=O) groups is 4. The zero-order valence-electron chi connectivity index (χ0n) is 17.9. The van der Waals surface area contributed by atoms with Gasteiger partial charge < -0.3 is 10.1 Å². The van der Waals surface area contributed by atoms with Crippen molar-refractivity contribution < 1.29 is 33.2 Å². The largest absolute Gasteiger partial charge is 0.452 e. The summed E-state index contributed by atoms with van der Waals surface area (Å²) in [6.45, 7) is -0.760. The Balaban J connectivity index is 1.37. The van der Waals surface area contributed by atoms with Crippen LogP contribution >= 0.6 is 0 Å². The van der Waals surface area contributed by atoms with E-state index in [2.05, 4.69) is 5.32 Å². The lowest BCUT2D eigenvalue weighted by atomic mass is 10.1. The molecule has 10 nitrogen and oxygen atoms in total. The number of amides is 3. The van der Waals surface area contributed by atoms with E-state index in [1.54, 1.807) is 36.4 Å². The van der Waals surface area contributed by atoms with Crippen molar-refractivity contribution in [1.29, 1.82) is 0 Å². The van der Waals surface area contributed by atoms with E-state index >= 15 is 0 Å². The number of benzene rings is 3. The lowest BCUT2D eigenvalue weighted by molar-refractivity contribution is -0.387. The highest BCUT2D eigenvalue weighted by molar-refractivity contribution is 6.21. The summed E-state index contributed by atoms with van der Waals surface area (Å²) in [5, 5.41) is 13.1. The molecule has 0 aliphatic carbocycles. The molecule has 0 aromatic heterocycles. The molecule has 0 radical (unpaired) electrons. The van der Waals surface area contributed by atoms with Crippen LogP contribution in [0.25, 0.3) is 0 Å². The maximum absolute atomic E-state index is 13.4. The Kier molecular flexibility index (Phi) is 6.32. The predicted octanol–water partition coefficient (Wildman–Crippen LogP) is 3.33. The number of nitrogens with one attached hydrogen (secondary N) is 1. The fourth-order valence-corrected chi connectivity index (χ4v) is 3.50. The molecule has 176 valence electrons. The van der Waals surface area contributed by atoms with Gasteiger partial charge in [-0.3, -0.25) is 29.4 Å². The minimum atomic E-state index is -1.06. The average Bonchev–Trinajstić information content (AvgIpc) is 3.08. The van der Waals surface area contributed by atoms with Gasteiger partial charge in [-0.05, 0) is 42.0 Å². The van der Waals surface area contributed by atoms with E-state index < -0.39 is 46.7 Å². The number of rotatable bonds is 7. The molecule has 0 spiro atoms. The standard InChI is InChI=1S/C24H16FN3O7/c25-19-9-8-16(11-20(19)28(33)34)26-21(29)13-35-24(32)15-5-3-4-14(10-15)12-27-22(30)17-6-1-2-7-18(17)23(27)31/h1-11H,12-13H2,(H,26,29). The number of carbonyl (C=O) groups excluding carboxylic acids is 4. The van der Waals surface area contributed by atoms with Gasteiger partial charge in [0.1, 0.15) is 0 Å². The second kappa shape index (κ2) is 9.51. The third kappa shape index (κ3) is 4.88. The van der Waals surface area contributed by atoms with Crippen molar-refractivity contribution in [2.75, 3.05) is 11.9 Å². The fraction of sp³-hybridized carbons (Fsp3) is 0.0833. The molecule has 0 saturated heterocycles. The zero-order valence-corrected chi connectivity index (χ0v) is 17.9. The van der Waals surface area contributed by atoms with Gasteiger partial charge in [0, 0.05) is 11.8 Å². The average molecular weight is 477 g/mol. The van der Waals surface area contributed by atoms with Crippen LogP contribution in [0.5, 0.6) is 0 Å². The molecule has 3 aromatic carbocycles. The molecule has 4 rings (SSSR count). The lowest BCUT2D eigenvalue weighted by Crippen LogP contribution is -2.29. The van der Waals surface area contributed by atoms with Gasteiger partial charge in [0.05, 0.1) is 28.2 Å². The molecule has 1 aliphatic rings. The van der Waals surface area contributed by atoms with E-state index in [1.165, 1.54) is 12.1 Å². The van der Waals surface area contributed by atoms with E-state index in [4.69, 9.17) is 4.74 Å². The van der Waals surface area contributed by atoms with Gasteiger partial charge in [-0.1, -0.05) is 24.3 Å². The summed E-state index contributed by atoms with van der Waals surface area (Å²) in [7, 11) is 0. The number of imide groups is 1. The van der Waals surface area contributed by atoms with E-state index in [0.29, 0.717) is 16.7 Å². The number of ether oxygens (including phenoxy) is 1. The SMILES string of the molecule is O=C(COC(=O)c1cccc(CN2C(=O)c3ccccc3C2=O)c1)Nc1ccc(F)c([N+](=O)[O-])c1. The molecule has 0 fully saturated rings. The molecule has 3 aromatic rings. The number of nitrogens with zero attached hydrogens (tertiary/aromatic N) is 2. The molecule has 1 heterocycles. The molecular weight excluding hydrogens is 461 g/mol. The number of hydrogen-bond acceptors (Lipinski definition) is 7. The number of anilines is 1. The monoisotopic (exact) mass is 477 g/mol. The molecule has 11 heteroatoms. The Morgan fingerprint density at radius 1 is 0.971 bits per heavy atom. The number of hydrogen-bond donors (Lipinski definition) is 1. The number of nitro benzene ring substituents is 1. The van der Waals surface area contributed by atoms with Crippen molar-refractivity contribution in [2.24, 2.45) is 0 Å². The van der Waals surface area contributed by atoms with E-state index in [0.717, 1.165) is 23.1 Å². The number of nitro groups is 1. The number of halogens is 1. The van der Waals surface area contributed by atoms with Crippen LogP contribution < -0.4 is 5.32 Å². The van der Waals surface area contributed by atoms with Crippen LogP contribution in [-0.2, 0) is 16.1 Å². The molecule has 0 bridgehead atoms. The van der Waals surface area contributed by atoms with Gasteiger partial charge >= 0.3 is 11.7 Å². The smallest absolute Gasteiger partial charge is 0.338 e. The first-order valence-electron chi connectivity index (χ1n) is 10.2. The summed E-state index contributed by atoms with van der Waals surface area (Å²) in [6.07, 6.45) is 0. The van der Waals surface area contributed by atoms with Gasteiger partial charge in [0.2, 0.25) is 5.82 Å². The molecule has 0 saturated carbocycles. The maximum atomic E-state index is 13.4. The van der Waals surface area contributed by atoms with Crippen molar-refractivity contribution >= 4 is 35.1 Å². The quantitative estimate of drug-likeness (QED) is 0.239.